The summed E-state index contributed by atoms with van der Waals surface area (Å²) in [6.07, 6.45) is -0.823. The predicted molar refractivity (Wildman–Crippen MR) is 57.8 cm³/mol. The van der Waals surface area contributed by atoms with Crippen molar-refractivity contribution in [1.82, 2.24) is 0 Å². The summed E-state index contributed by atoms with van der Waals surface area (Å²) in [5.74, 6) is 0.574. The van der Waals surface area contributed by atoms with E-state index in [1.807, 2.05) is 13.0 Å². The van der Waals surface area contributed by atoms with Crippen molar-refractivity contribution in [2.75, 3.05) is 6.61 Å². The van der Waals surface area contributed by atoms with E-state index in [-0.39, 0.29) is 6.42 Å². The molecule has 0 aliphatic carbocycles. The highest BCUT2D eigenvalue weighted by Gasteiger charge is 2.13. The van der Waals surface area contributed by atoms with Gasteiger partial charge in [-0.3, -0.25) is 0 Å². The first-order chi connectivity index (χ1) is 7.19. The second-order valence-corrected chi connectivity index (χ2v) is 3.43. The molecule has 0 saturated heterocycles. The molecule has 0 spiro atoms. The van der Waals surface area contributed by atoms with Gasteiger partial charge in [0.05, 0.1) is 25.2 Å². The molecule has 0 aromatic heterocycles. The van der Waals surface area contributed by atoms with Crippen molar-refractivity contribution in [3.05, 3.63) is 28.8 Å². The van der Waals surface area contributed by atoms with Crippen LogP contribution in [0.3, 0.4) is 0 Å². The first-order valence-electron chi connectivity index (χ1n) is 4.66. The molecule has 0 saturated carbocycles. The van der Waals surface area contributed by atoms with Crippen LogP contribution in [0.5, 0.6) is 5.75 Å². The van der Waals surface area contributed by atoms with E-state index in [1.165, 1.54) is 0 Å². The monoisotopic (exact) mass is 225 g/mol. The van der Waals surface area contributed by atoms with E-state index in [1.54, 1.807) is 18.2 Å². The highest BCUT2D eigenvalue weighted by molar-refractivity contribution is 6.30. The lowest BCUT2D eigenvalue weighted by Crippen LogP contribution is -2.02. The summed E-state index contributed by atoms with van der Waals surface area (Å²) in [6, 6.07) is 6.91. The summed E-state index contributed by atoms with van der Waals surface area (Å²) in [5, 5.41) is 18.7. The maximum Gasteiger partial charge on any atom is 0.125 e. The highest BCUT2D eigenvalue weighted by Crippen LogP contribution is 2.29. The maximum absolute atomic E-state index is 9.69. The number of rotatable bonds is 4. The van der Waals surface area contributed by atoms with E-state index >= 15 is 0 Å². The number of nitrogens with zero attached hydrogens (tertiary/aromatic N) is 1. The van der Waals surface area contributed by atoms with Crippen LogP contribution in [0.1, 0.15) is 25.0 Å². The van der Waals surface area contributed by atoms with E-state index in [0.29, 0.717) is 22.9 Å². The van der Waals surface area contributed by atoms with Crippen LogP contribution in [0.2, 0.25) is 5.02 Å². The Bertz CT molecular complexity index is 373. The molecular weight excluding hydrogens is 214 g/mol. The van der Waals surface area contributed by atoms with Gasteiger partial charge >= 0.3 is 0 Å². The van der Waals surface area contributed by atoms with E-state index in [4.69, 9.17) is 21.6 Å². The van der Waals surface area contributed by atoms with Crippen LogP contribution in [0.25, 0.3) is 0 Å². The molecule has 3 nitrogen and oxygen atoms in total. The number of hydrogen-bond donors (Lipinski definition) is 1. The third-order valence-electron chi connectivity index (χ3n) is 1.92. The van der Waals surface area contributed by atoms with Crippen molar-refractivity contribution in [3.63, 3.8) is 0 Å². The Morgan fingerprint density at radius 2 is 2.33 bits per heavy atom. The zero-order chi connectivity index (χ0) is 11.3. The van der Waals surface area contributed by atoms with Crippen LogP contribution in [0.4, 0.5) is 0 Å². The van der Waals surface area contributed by atoms with Crippen molar-refractivity contribution in [3.8, 4) is 11.8 Å². The molecule has 0 fully saturated rings. The lowest BCUT2D eigenvalue weighted by Gasteiger charge is -2.13. The minimum Gasteiger partial charge on any atom is -0.493 e. The number of benzene rings is 1. The zero-order valence-electron chi connectivity index (χ0n) is 8.40. The van der Waals surface area contributed by atoms with Crippen LogP contribution in [0.15, 0.2) is 18.2 Å². The normalized spacial score (nSPS) is 11.9. The lowest BCUT2D eigenvalue weighted by atomic mass is 10.1. The van der Waals surface area contributed by atoms with Gasteiger partial charge in [0.15, 0.2) is 0 Å². The molecule has 15 heavy (non-hydrogen) atoms. The molecule has 1 aromatic rings. The van der Waals surface area contributed by atoms with Crippen LogP contribution in [-0.2, 0) is 0 Å². The average Bonchev–Trinajstić information content (AvgIpc) is 2.21. The maximum atomic E-state index is 9.69. The van der Waals surface area contributed by atoms with E-state index in [9.17, 15) is 5.11 Å². The molecule has 1 rings (SSSR count). The summed E-state index contributed by atoms with van der Waals surface area (Å²) in [7, 11) is 0. The van der Waals surface area contributed by atoms with Gasteiger partial charge in [-0.05, 0) is 25.1 Å². The predicted octanol–water partition coefficient (Wildman–Crippen LogP) is 2.69. The molecule has 0 radical (unpaired) electrons. The highest BCUT2D eigenvalue weighted by atomic mass is 35.5. The number of nitriles is 1. The van der Waals surface area contributed by atoms with Gasteiger partial charge in [0, 0.05) is 10.6 Å². The SMILES string of the molecule is CCOc1ccc(Cl)cc1C(O)CC#N. The molecule has 0 aliphatic rings. The fraction of sp³-hybridized carbons (Fsp3) is 0.364. The van der Waals surface area contributed by atoms with Gasteiger partial charge in [-0.25, -0.2) is 0 Å². The molecule has 4 heteroatoms. The molecule has 1 atom stereocenters. The fourth-order valence-corrected chi connectivity index (χ4v) is 1.44. The summed E-state index contributed by atoms with van der Waals surface area (Å²) in [6.45, 7) is 2.36. The summed E-state index contributed by atoms with van der Waals surface area (Å²) >= 11 is 5.81. The summed E-state index contributed by atoms with van der Waals surface area (Å²) < 4.78 is 5.33. The van der Waals surface area contributed by atoms with Gasteiger partial charge in [-0.1, -0.05) is 11.6 Å². The smallest absolute Gasteiger partial charge is 0.125 e. The molecular formula is C11H12ClNO2. The van der Waals surface area contributed by atoms with Crippen molar-refractivity contribution < 1.29 is 9.84 Å². The lowest BCUT2D eigenvalue weighted by molar-refractivity contribution is 0.177. The van der Waals surface area contributed by atoms with E-state index < -0.39 is 6.10 Å². The second-order valence-electron chi connectivity index (χ2n) is 2.99. The van der Waals surface area contributed by atoms with Crippen molar-refractivity contribution in [1.29, 1.82) is 5.26 Å². The van der Waals surface area contributed by atoms with Gasteiger partial charge in [0.25, 0.3) is 0 Å². The Balaban J connectivity index is 3.01. The first-order valence-corrected chi connectivity index (χ1v) is 5.04. The van der Waals surface area contributed by atoms with Gasteiger partial charge in [-0.15, -0.1) is 0 Å². The van der Waals surface area contributed by atoms with Gasteiger partial charge in [-0.2, -0.15) is 5.26 Å². The number of aliphatic hydroxyl groups is 1. The zero-order valence-corrected chi connectivity index (χ0v) is 9.16. The quantitative estimate of drug-likeness (QED) is 0.857. The molecule has 0 aliphatic heterocycles. The average molecular weight is 226 g/mol. The molecule has 0 bridgehead atoms. The summed E-state index contributed by atoms with van der Waals surface area (Å²) in [5.41, 5.74) is 0.561. The number of hydrogen-bond acceptors (Lipinski definition) is 3. The van der Waals surface area contributed by atoms with E-state index in [2.05, 4.69) is 0 Å². The summed E-state index contributed by atoms with van der Waals surface area (Å²) in [4.78, 5) is 0. The van der Waals surface area contributed by atoms with Crippen LogP contribution < -0.4 is 4.74 Å². The minimum atomic E-state index is -0.852. The standard InChI is InChI=1S/C11H12ClNO2/c1-2-15-11-4-3-8(12)7-9(11)10(14)5-6-13/h3-4,7,10,14H,2,5H2,1H3. The third-order valence-corrected chi connectivity index (χ3v) is 2.15. The van der Waals surface area contributed by atoms with E-state index in [0.717, 1.165) is 0 Å². The van der Waals surface area contributed by atoms with Crippen molar-refractivity contribution >= 4 is 11.6 Å². The minimum absolute atomic E-state index is 0.0282. The Kier molecular flexibility index (Phi) is 4.41. The van der Waals surface area contributed by atoms with Crippen molar-refractivity contribution in [2.45, 2.75) is 19.4 Å². The van der Waals surface area contributed by atoms with Crippen LogP contribution >= 0.6 is 11.6 Å². The molecule has 80 valence electrons. The van der Waals surface area contributed by atoms with Crippen LogP contribution in [0, 0.1) is 11.3 Å². The molecule has 0 heterocycles. The molecule has 1 N–H and O–H groups in total. The topological polar surface area (TPSA) is 53.2 Å². The fourth-order valence-electron chi connectivity index (χ4n) is 1.26. The third kappa shape index (κ3) is 3.12. The van der Waals surface area contributed by atoms with Crippen LogP contribution in [-0.4, -0.2) is 11.7 Å². The molecule has 0 amide bonds. The Hall–Kier alpha value is -1.24. The Labute approximate surface area is 93.9 Å². The Morgan fingerprint density at radius 1 is 1.60 bits per heavy atom. The van der Waals surface area contributed by atoms with Gasteiger partial charge in [0.1, 0.15) is 5.75 Å². The first kappa shape index (κ1) is 11.8. The van der Waals surface area contributed by atoms with Gasteiger partial charge in [0.2, 0.25) is 0 Å². The van der Waals surface area contributed by atoms with Gasteiger partial charge < -0.3 is 9.84 Å². The number of aliphatic hydroxyl groups excluding tert-OH is 1. The molecule has 1 aromatic carbocycles. The van der Waals surface area contributed by atoms with Crippen molar-refractivity contribution in [2.24, 2.45) is 0 Å². The second kappa shape index (κ2) is 5.59. The molecule has 1 unspecified atom stereocenters. The number of ether oxygens (including phenoxy) is 1. The number of halogens is 1. The largest absolute Gasteiger partial charge is 0.493 e. The Morgan fingerprint density at radius 3 is 2.93 bits per heavy atom.